The van der Waals surface area contributed by atoms with E-state index in [0.717, 1.165) is 0 Å². The summed E-state index contributed by atoms with van der Waals surface area (Å²) in [6, 6.07) is 23.6. The Morgan fingerprint density at radius 1 is 0.606 bits per heavy atom. The molecule has 168 valence electrons. The average molecular weight is 448 g/mol. The summed E-state index contributed by atoms with van der Waals surface area (Å²) in [5.41, 5.74) is 0.479. The van der Waals surface area contributed by atoms with Gasteiger partial charge in [0.05, 0.1) is 16.7 Å². The number of hydrogen-bond acceptors (Lipinski definition) is 7. The van der Waals surface area contributed by atoms with E-state index in [1.165, 1.54) is 36.4 Å². The molecule has 8 heteroatoms. The molecule has 0 saturated carbocycles. The second-order valence-electron chi connectivity index (χ2n) is 6.80. The summed E-state index contributed by atoms with van der Waals surface area (Å²) in [6.45, 7) is -0.647. The monoisotopic (exact) mass is 448 g/mol. The van der Waals surface area contributed by atoms with Crippen molar-refractivity contribution < 1.29 is 38.5 Å². The highest BCUT2D eigenvalue weighted by Crippen LogP contribution is 2.14. The van der Waals surface area contributed by atoms with E-state index in [9.17, 15) is 24.3 Å². The zero-order valence-corrected chi connectivity index (χ0v) is 17.3. The SMILES string of the molecule is O=C(OC[C@@H](OC(=O)c1ccccc1)[C@H](OC(=O)c1ccccc1)C(=O)O)c1ccccc1. The molecule has 0 amide bonds. The van der Waals surface area contributed by atoms with Gasteiger partial charge in [0.1, 0.15) is 6.61 Å². The Kier molecular flexibility index (Phi) is 7.91. The summed E-state index contributed by atoms with van der Waals surface area (Å²) in [7, 11) is 0. The number of carbonyl (C=O) groups is 4. The van der Waals surface area contributed by atoms with Gasteiger partial charge in [-0.3, -0.25) is 0 Å². The molecule has 0 fully saturated rings. The van der Waals surface area contributed by atoms with Gasteiger partial charge >= 0.3 is 23.9 Å². The van der Waals surface area contributed by atoms with Crippen LogP contribution in [0.3, 0.4) is 0 Å². The molecule has 0 saturated heterocycles. The standard InChI is InChI=1S/C25H20O8/c26-22(27)21(33-25(30)19-14-8-3-9-15-19)20(32-24(29)18-12-6-2-7-13-18)16-31-23(28)17-10-4-1-5-11-17/h1-15,20-21H,16H2,(H,26,27)/t20-,21+/m1/s1. The molecule has 3 rings (SSSR count). The van der Waals surface area contributed by atoms with Crippen molar-refractivity contribution in [2.24, 2.45) is 0 Å². The van der Waals surface area contributed by atoms with E-state index < -0.39 is 42.7 Å². The first-order valence-electron chi connectivity index (χ1n) is 9.92. The maximum Gasteiger partial charge on any atom is 0.349 e. The molecule has 0 aliphatic carbocycles. The molecule has 0 radical (unpaired) electrons. The Morgan fingerprint density at radius 2 is 1.00 bits per heavy atom. The van der Waals surface area contributed by atoms with Gasteiger partial charge in [0.2, 0.25) is 6.10 Å². The molecule has 33 heavy (non-hydrogen) atoms. The third-order valence-corrected chi connectivity index (χ3v) is 4.48. The number of aliphatic carboxylic acids is 1. The molecule has 1 N–H and O–H groups in total. The summed E-state index contributed by atoms with van der Waals surface area (Å²) in [4.78, 5) is 49.3. The van der Waals surface area contributed by atoms with Crippen molar-refractivity contribution in [2.45, 2.75) is 12.2 Å². The molecule has 2 atom stereocenters. The minimum Gasteiger partial charge on any atom is -0.478 e. The lowest BCUT2D eigenvalue weighted by Gasteiger charge is -2.24. The maximum atomic E-state index is 12.6. The van der Waals surface area contributed by atoms with Crippen LogP contribution in [0.5, 0.6) is 0 Å². The van der Waals surface area contributed by atoms with Crippen LogP contribution in [0.4, 0.5) is 0 Å². The zero-order chi connectivity index (χ0) is 23.6. The fraction of sp³-hybridized carbons (Fsp3) is 0.120. The van der Waals surface area contributed by atoms with Crippen LogP contribution in [0.15, 0.2) is 91.0 Å². The Balaban J connectivity index is 1.80. The number of carboxylic acid groups (broad SMARTS) is 1. The van der Waals surface area contributed by atoms with Crippen LogP contribution in [0, 0.1) is 0 Å². The Bertz CT molecular complexity index is 1100. The highest BCUT2D eigenvalue weighted by molar-refractivity contribution is 5.92. The van der Waals surface area contributed by atoms with Crippen molar-refractivity contribution in [1.82, 2.24) is 0 Å². The van der Waals surface area contributed by atoms with Gasteiger partial charge in [0, 0.05) is 0 Å². The summed E-state index contributed by atoms with van der Waals surface area (Å²) >= 11 is 0. The summed E-state index contributed by atoms with van der Waals surface area (Å²) in [6.07, 6.45) is -3.52. The van der Waals surface area contributed by atoms with E-state index in [4.69, 9.17) is 14.2 Å². The molecule has 0 aliphatic rings. The lowest BCUT2D eigenvalue weighted by atomic mass is 10.1. The predicted molar refractivity (Wildman–Crippen MR) is 116 cm³/mol. The van der Waals surface area contributed by atoms with Crippen LogP contribution in [0.1, 0.15) is 31.1 Å². The molecular weight excluding hydrogens is 428 g/mol. The minimum absolute atomic E-state index is 0.109. The first-order valence-corrected chi connectivity index (χ1v) is 9.92. The van der Waals surface area contributed by atoms with Gasteiger partial charge in [0.15, 0.2) is 6.10 Å². The van der Waals surface area contributed by atoms with E-state index in [-0.39, 0.29) is 16.7 Å². The number of rotatable bonds is 9. The lowest BCUT2D eigenvalue weighted by Crippen LogP contribution is -2.44. The summed E-state index contributed by atoms with van der Waals surface area (Å²) in [5.74, 6) is -4.12. The number of carbonyl (C=O) groups excluding carboxylic acids is 3. The van der Waals surface area contributed by atoms with Crippen LogP contribution in [0.2, 0.25) is 0 Å². The highest BCUT2D eigenvalue weighted by Gasteiger charge is 2.37. The van der Waals surface area contributed by atoms with E-state index in [1.54, 1.807) is 54.6 Å². The Labute approximate surface area is 189 Å². The number of ether oxygens (including phenoxy) is 3. The number of esters is 3. The van der Waals surface area contributed by atoms with Crippen molar-refractivity contribution in [3.05, 3.63) is 108 Å². The molecule has 0 unspecified atom stereocenters. The normalized spacial score (nSPS) is 12.1. The Hall–Kier alpha value is -4.46. The van der Waals surface area contributed by atoms with E-state index in [1.807, 2.05) is 0 Å². The molecular formula is C25H20O8. The second-order valence-corrected chi connectivity index (χ2v) is 6.80. The molecule has 8 nitrogen and oxygen atoms in total. The quantitative estimate of drug-likeness (QED) is 0.391. The topological polar surface area (TPSA) is 116 Å². The van der Waals surface area contributed by atoms with Crippen molar-refractivity contribution in [3.63, 3.8) is 0 Å². The Morgan fingerprint density at radius 3 is 1.42 bits per heavy atom. The minimum atomic E-state index is -1.92. The fourth-order valence-corrected chi connectivity index (χ4v) is 2.82. The van der Waals surface area contributed by atoms with E-state index in [2.05, 4.69) is 0 Å². The van der Waals surface area contributed by atoms with E-state index >= 15 is 0 Å². The van der Waals surface area contributed by atoms with Crippen LogP contribution in [-0.2, 0) is 19.0 Å². The van der Waals surface area contributed by atoms with Gasteiger partial charge < -0.3 is 19.3 Å². The second kappa shape index (κ2) is 11.2. The van der Waals surface area contributed by atoms with Crippen LogP contribution >= 0.6 is 0 Å². The number of carboxylic acids is 1. The fourth-order valence-electron chi connectivity index (χ4n) is 2.82. The zero-order valence-electron chi connectivity index (χ0n) is 17.3. The van der Waals surface area contributed by atoms with Crippen LogP contribution in [0.25, 0.3) is 0 Å². The van der Waals surface area contributed by atoms with Crippen molar-refractivity contribution in [1.29, 1.82) is 0 Å². The number of benzene rings is 3. The van der Waals surface area contributed by atoms with Gasteiger partial charge in [-0.15, -0.1) is 0 Å². The third kappa shape index (κ3) is 6.51. The first kappa shape index (κ1) is 23.2. The molecule has 0 spiro atoms. The number of hydrogen-bond donors (Lipinski definition) is 1. The molecule has 0 aromatic heterocycles. The van der Waals surface area contributed by atoms with Gasteiger partial charge in [-0.1, -0.05) is 54.6 Å². The first-order chi connectivity index (χ1) is 16.0. The van der Waals surface area contributed by atoms with Gasteiger partial charge in [-0.2, -0.15) is 0 Å². The average Bonchev–Trinajstić information content (AvgIpc) is 2.86. The molecule has 3 aromatic rings. The van der Waals surface area contributed by atoms with Crippen molar-refractivity contribution in [2.75, 3.05) is 6.61 Å². The van der Waals surface area contributed by atoms with Crippen molar-refractivity contribution in [3.8, 4) is 0 Å². The summed E-state index contributed by atoms with van der Waals surface area (Å²) < 4.78 is 15.6. The molecule has 0 aliphatic heterocycles. The van der Waals surface area contributed by atoms with Gasteiger partial charge in [-0.05, 0) is 36.4 Å². The molecule has 3 aromatic carbocycles. The molecule has 0 heterocycles. The van der Waals surface area contributed by atoms with Crippen LogP contribution in [-0.4, -0.2) is 47.8 Å². The van der Waals surface area contributed by atoms with Crippen LogP contribution < -0.4 is 0 Å². The third-order valence-electron chi connectivity index (χ3n) is 4.48. The maximum absolute atomic E-state index is 12.6. The van der Waals surface area contributed by atoms with Gasteiger partial charge in [-0.25, -0.2) is 19.2 Å². The van der Waals surface area contributed by atoms with Crippen molar-refractivity contribution >= 4 is 23.9 Å². The smallest absolute Gasteiger partial charge is 0.349 e. The highest BCUT2D eigenvalue weighted by atomic mass is 16.6. The summed E-state index contributed by atoms with van der Waals surface area (Å²) in [5, 5.41) is 9.70. The lowest BCUT2D eigenvalue weighted by molar-refractivity contribution is -0.155. The molecule has 0 bridgehead atoms. The largest absolute Gasteiger partial charge is 0.478 e. The van der Waals surface area contributed by atoms with E-state index in [0.29, 0.717) is 0 Å². The van der Waals surface area contributed by atoms with Gasteiger partial charge in [0.25, 0.3) is 0 Å². The predicted octanol–water partition coefficient (Wildman–Crippen LogP) is 3.38.